The maximum Gasteiger partial charge on any atom is 0.335 e. The number of anilines is 2. The number of nitrogens with one attached hydrogen (secondary N) is 1. The summed E-state index contributed by atoms with van der Waals surface area (Å²) in [5.41, 5.74) is 2.35. The van der Waals surface area contributed by atoms with E-state index in [1.54, 1.807) is 12.1 Å². The van der Waals surface area contributed by atoms with Gasteiger partial charge in [-0.05, 0) is 36.4 Å². The molecule has 0 saturated heterocycles. The summed E-state index contributed by atoms with van der Waals surface area (Å²) in [7, 11) is 0. The highest BCUT2D eigenvalue weighted by atomic mass is 35.5. The van der Waals surface area contributed by atoms with Crippen molar-refractivity contribution in [1.29, 1.82) is 0 Å². The Kier molecular flexibility index (Phi) is 3.41. The summed E-state index contributed by atoms with van der Waals surface area (Å²) < 4.78 is 0. The smallest absolute Gasteiger partial charge is 0.335 e. The Hall–Kier alpha value is -2.66. The molecule has 0 atom stereocenters. The molecule has 0 radical (unpaired) electrons. The molecule has 0 aliphatic carbocycles. The van der Waals surface area contributed by atoms with E-state index in [4.69, 9.17) is 16.7 Å². The van der Waals surface area contributed by atoms with Gasteiger partial charge in [-0.25, -0.2) is 14.8 Å². The second-order valence-corrected chi connectivity index (χ2v) is 4.72. The number of carboxylic acids is 1. The van der Waals surface area contributed by atoms with Gasteiger partial charge in [0, 0.05) is 5.69 Å². The van der Waals surface area contributed by atoms with Crippen LogP contribution in [0.3, 0.4) is 0 Å². The van der Waals surface area contributed by atoms with E-state index < -0.39 is 5.97 Å². The van der Waals surface area contributed by atoms with Crippen molar-refractivity contribution in [1.82, 2.24) is 9.97 Å². The molecule has 3 aromatic rings. The van der Waals surface area contributed by atoms with E-state index in [0.29, 0.717) is 17.0 Å². The number of benzene rings is 2. The maximum atomic E-state index is 10.8. The van der Waals surface area contributed by atoms with E-state index in [2.05, 4.69) is 15.3 Å². The zero-order chi connectivity index (χ0) is 14.8. The predicted octanol–water partition coefficient (Wildman–Crippen LogP) is 3.73. The summed E-state index contributed by atoms with van der Waals surface area (Å²) in [6.07, 6.45) is 0. The first-order valence-electron chi connectivity index (χ1n) is 6.16. The summed E-state index contributed by atoms with van der Waals surface area (Å²) in [6.45, 7) is 0. The van der Waals surface area contributed by atoms with Gasteiger partial charge in [-0.2, -0.15) is 0 Å². The van der Waals surface area contributed by atoms with Gasteiger partial charge in [0.15, 0.2) is 11.0 Å². The zero-order valence-electron chi connectivity index (χ0n) is 10.7. The average Bonchev–Trinajstić information content (AvgIpc) is 2.48. The quantitative estimate of drug-likeness (QED) is 0.771. The molecule has 0 unspecified atom stereocenters. The van der Waals surface area contributed by atoms with Crippen molar-refractivity contribution >= 4 is 40.1 Å². The first-order valence-corrected chi connectivity index (χ1v) is 6.54. The molecule has 1 aromatic heterocycles. The van der Waals surface area contributed by atoms with Crippen molar-refractivity contribution in [3.63, 3.8) is 0 Å². The average molecular weight is 300 g/mol. The molecule has 6 heteroatoms. The molecule has 0 fully saturated rings. The van der Waals surface area contributed by atoms with Crippen molar-refractivity contribution in [2.45, 2.75) is 0 Å². The van der Waals surface area contributed by atoms with Crippen LogP contribution in [0.4, 0.5) is 11.5 Å². The third-order valence-electron chi connectivity index (χ3n) is 2.92. The molecule has 5 nitrogen and oxygen atoms in total. The molecule has 0 aliphatic rings. The van der Waals surface area contributed by atoms with E-state index in [0.717, 1.165) is 5.52 Å². The normalized spacial score (nSPS) is 10.5. The number of aromatic nitrogens is 2. The van der Waals surface area contributed by atoms with Crippen molar-refractivity contribution in [3.8, 4) is 0 Å². The van der Waals surface area contributed by atoms with Gasteiger partial charge in [0.05, 0.1) is 16.6 Å². The second-order valence-electron chi connectivity index (χ2n) is 4.36. The van der Waals surface area contributed by atoms with E-state index in [1.807, 2.05) is 24.3 Å². The Labute approximate surface area is 125 Å². The number of rotatable bonds is 3. The van der Waals surface area contributed by atoms with Gasteiger partial charge in [0.2, 0.25) is 0 Å². The molecule has 0 saturated carbocycles. The largest absolute Gasteiger partial charge is 0.478 e. The lowest BCUT2D eigenvalue weighted by atomic mass is 10.2. The highest BCUT2D eigenvalue weighted by Crippen LogP contribution is 2.24. The maximum absolute atomic E-state index is 10.8. The van der Waals surface area contributed by atoms with Crippen LogP contribution in [0.25, 0.3) is 11.0 Å². The van der Waals surface area contributed by atoms with Crippen molar-refractivity contribution in [3.05, 3.63) is 59.2 Å². The third kappa shape index (κ3) is 2.78. The predicted molar refractivity (Wildman–Crippen MR) is 81.2 cm³/mol. The highest BCUT2D eigenvalue weighted by Gasteiger charge is 2.08. The van der Waals surface area contributed by atoms with Gasteiger partial charge in [0.25, 0.3) is 0 Å². The highest BCUT2D eigenvalue weighted by molar-refractivity contribution is 6.32. The van der Waals surface area contributed by atoms with E-state index in [9.17, 15) is 4.79 Å². The number of carbonyl (C=O) groups is 1. The van der Waals surface area contributed by atoms with Gasteiger partial charge in [-0.15, -0.1) is 0 Å². The molecule has 0 amide bonds. The molecular weight excluding hydrogens is 290 g/mol. The minimum atomic E-state index is -0.968. The Morgan fingerprint density at radius 3 is 2.24 bits per heavy atom. The van der Waals surface area contributed by atoms with Crippen molar-refractivity contribution in [2.75, 3.05) is 5.32 Å². The number of halogens is 1. The number of carboxylic acid groups (broad SMARTS) is 1. The number of fused-ring (bicyclic) bond motifs is 1. The third-order valence-corrected chi connectivity index (χ3v) is 3.19. The molecule has 0 aliphatic heterocycles. The first-order chi connectivity index (χ1) is 10.1. The molecule has 2 aromatic carbocycles. The lowest BCUT2D eigenvalue weighted by molar-refractivity contribution is 0.0697. The van der Waals surface area contributed by atoms with Crippen LogP contribution in [0.1, 0.15) is 10.4 Å². The van der Waals surface area contributed by atoms with Crippen molar-refractivity contribution < 1.29 is 9.90 Å². The molecule has 21 heavy (non-hydrogen) atoms. The van der Waals surface area contributed by atoms with E-state index >= 15 is 0 Å². The second kappa shape index (κ2) is 5.38. The molecule has 0 bridgehead atoms. The van der Waals surface area contributed by atoms with Gasteiger partial charge >= 0.3 is 5.97 Å². The topological polar surface area (TPSA) is 75.1 Å². The molecule has 104 valence electrons. The number of hydrogen-bond acceptors (Lipinski definition) is 4. The fourth-order valence-corrected chi connectivity index (χ4v) is 2.07. The Bertz CT molecular complexity index is 819. The summed E-state index contributed by atoms with van der Waals surface area (Å²) in [6, 6.07) is 13.7. The van der Waals surface area contributed by atoms with Crippen LogP contribution in [-0.2, 0) is 0 Å². The summed E-state index contributed by atoms with van der Waals surface area (Å²) in [4.78, 5) is 19.5. The SMILES string of the molecule is O=C(O)c1ccc(Nc2nc3ccccc3nc2Cl)cc1. The lowest BCUT2D eigenvalue weighted by Crippen LogP contribution is -1.99. The fraction of sp³-hybridized carbons (Fsp3) is 0. The van der Waals surface area contributed by atoms with Crippen LogP contribution in [-0.4, -0.2) is 21.0 Å². The molecular formula is C15H10ClN3O2. The van der Waals surface area contributed by atoms with Gasteiger partial charge in [-0.3, -0.25) is 0 Å². The Morgan fingerprint density at radius 1 is 1.00 bits per heavy atom. The monoisotopic (exact) mass is 299 g/mol. The molecule has 3 rings (SSSR count). The van der Waals surface area contributed by atoms with Crippen LogP contribution >= 0.6 is 11.6 Å². The van der Waals surface area contributed by atoms with Gasteiger partial charge < -0.3 is 10.4 Å². The van der Waals surface area contributed by atoms with E-state index in [-0.39, 0.29) is 10.7 Å². The number of para-hydroxylation sites is 2. The van der Waals surface area contributed by atoms with Crippen LogP contribution in [0.15, 0.2) is 48.5 Å². The standard InChI is InChI=1S/C15H10ClN3O2/c16-13-14(19-12-4-2-1-3-11(12)18-13)17-10-7-5-9(6-8-10)15(20)21/h1-8H,(H,17,19)(H,20,21). The van der Waals surface area contributed by atoms with Crippen LogP contribution in [0.2, 0.25) is 5.15 Å². The van der Waals surface area contributed by atoms with Gasteiger partial charge in [-0.1, -0.05) is 23.7 Å². The Morgan fingerprint density at radius 2 is 1.62 bits per heavy atom. The number of hydrogen-bond donors (Lipinski definition) is 2. The van der Waals surface area contributed by atoms with E-state index in [1.165, 1.54) is 12.1 Å². The Balaban J connectivity index is 1.93. The minimum absolute atomic E-state index is 0.219. The fourth-order valence-electron chi connectivity index (χ4n) is 1.89. The first kappa shape index (κ1) is 13.3. The van der Waals surface area contributed by atoms with Gasteiger partial charge in [0.1, 0.15) is 0 Å². The zero-order valence-corrected chi connectivity index (χ0v) is 11.5. The van der Waals surface area contributed by atoms with Crippen LogP contribution in [0, 0.1) is 0 Å². The molecule has 0 spiro atoms. The lowest BCUT2D eigenvalue weighted by Gasteiger charge is -2.08. The number of aromatic carboxylic acids is 1. The minimum Gasteiger partial charge on any atom is -0.478 e. The molecule has 1 heterocycles. The van der Waals surface area contributed by atoms with Crippen LogP contribution in [0.5, 0.6) is 0 Å². The number of nitrogens with zero attached hydrogens (tertiary/aromatic N) is 2. The molecule has 2 N–H and O–H groups in total. The van der Waals surface area contributed by atoms with Crippen LogP contribution < -0.4 is 5.32 Å². The summed E-state index contributed by atoms with van der Waals surface area (Å²) in [5, 5.41) is 12.2. The summed E-state index contributed by atoms with van der Waals surface area (Å²) >= 11 is 6.10. The van der Waals surface area contributed by atoms with Crippen molar-refractivity contribution in [2.24, 2.45) is 0 Å². The summed E-state index contributed by atoms with van der Waals surface area (Å²) in [5.74, 6) is -0.538.